The van der Waals surface area contributed by atoms with Gasteiger partial charge in [0, 0.05) is 12.0 Å². The van der Waals surface area contributed by atoms with Gasteiger partial charge in [0.05, 0.1) is 0 Å². The van der Waals surface area contributed by atoms with Gasteiger partial charge in [-0.05, 0) is 31.7 Å². The van der Waals surface area contributed by atoms with Gasteiger partial charge in [0.25, 0.3) is 0 Å². The number of rotatable bonds is 4. The summed E-state index contributed by atoms with van der Waals surface area (Å²) in [7, 11) is 0. The lowest BCUT2D eigenvalue weighted by atomic mass is 9.82. The zero-order valence-corrected chi connectivity index (χ0v) is 9.32. The molecule has 13 heavy (non-hydrogen) atoms. The van der Waals surface area contributed by atoms with Gasteiger partial charge >= 0.3 is 0 Å². The van der Waals surface area contributed by atoms with Gasteiger partial charge in [-0.3, -0.25) is 0 Å². The Bertz CT molecular complexity index is 153. The Balaban J connectivity index is 0.00000144. The third kappa shape index (κ3) is 3.65. The molecule has 0 amide bonds. The first-order valence-electron chi connectivity index (χ1n) is 4.86. The van der Waals surface area contributed by atoms with Crippen LogP contribution in [0.5, 0.6) is 0 Å². The molecule has 3 heteroatoms. The second-order valence-electron chi connectivity index (χ2n) is 4.34. The van der Waals surface area contributed by atoms with Gasteiger partial charge in [0.1, 0.15) is 6.29 Å². The fourth-order valence-corrected chi connectivity index (χ4v) is 1.71. The molecule has 0 aromatic rings. The fraction of sp³-hybridized carbons (Fsp3) is 0.900. The summed E-state index contributed by atoms with van der Waals surface area (Å²) in [5.41, 5.74) is -0.0235. The van der Waals surface area contributed by atoms with Crippen molar-refractivity contribution in [2.45, 2.75) is 33.1 Å². The first kappa shape index (κ1) is 12.9. The number of carbonyl (C=O) groups is 1. The van der Waals surface area contributed by atoms with Crippen LogP contribution in [0, 0.1) is 11.3 Å². The first-order chi connectivity index (χ1) is 5.68. The van der Waals surface area contributed by atoms with Gasteiger partial charge in [-0.1, -0.05) is 13.8 Å². The second kappa shape index (κ2) is 5.61. The van der Waals surface area contributed by atoms with E-state index >= 15 is 0 Å². The van der Waals surface area contributed by atoms with Crippen LogP contribution >= 0.6 is 12.4 Å². The number of hydrogen-bond donors (Lipinski definition) is 1. The molecule has 1 aliphatic heterocycles. The predicted octanol–water partition coefficient (Wildman–Crippen LogP) is 2.02. The zero-order chi connectivity index (χ0) is 9.03. The standard InChI is InChI=1S/C10H19NO.ClH/c1-9(2)3-4-10(8-12)5-6-11-7-10;/h8-9,11H,3-7H2,1-2H3;1H. The largest absolute Gasteiger partial charge is 0.316 e. The van der Waals surface area contributed by atoms with Crippen LogP contribution in [0.1, 0.15) is 33.1 Å². The van der Waals surface area contributed by atoms with Crippen molar-refractivity contribution in [1.29, 1.82) is 0 Å². The molecule has 1 N–H and O–H groups in total. The number of carbonyl (C=O) groups excluding carboxylic acids is 1. The number of nitrogens with one attached hydrogen (secondary N) is 1. The third-order valence-corrected chi connectivity index (χ3v) is 2.75. The average Bonchev–Trinajstić information content (AvgIpc) is 2.50. The van der Waals surface area contributed by atoms with Crippen LogP contribution in [0.2, 0.25) is 0 Å². The Kier molecular flexibility index (Phi) is 5.57. The number of hydrogen-bond acceptors (Lipinski definition) is 2. The Hall–Kier alpha value is -0.0800. The number of halogens is 1. The van der Waals surface area contributed by atoms with E-state index in [4.69, 9.17) is 0 Å². The van der Waals surface area contributed by atoms with Gasteiger partial charge in [0.15, 0.2) is 0 Å². The molecule has 0 saturated carbocycles. The molecule has 0 aromatic heterocycles. The molecule has 2 nitrogen and oxygen atoms in total. The highest BCUT2D eigenvalue weighted by molar-refractivity contribution is 5.85. The molecule has 0 aliphatic carbocycles. The maximum Gasteiger partial charge on any atom is 0.127 e. The summed E-state index contributed by atoms with van der Waals surface area (Å²) >= 11 is 0. The van der Waals surface area contributed by atoms with E-state index < -0.39 is 0 Å². The molecular formula is C10H20ClNO. The van der Waals surface area contributed by atoms with Gasteiger partial charge in [-0.2, -0.15) is 0 Å². The molecule has 1 fully saturated rings. The van der Waals surface area contributed by atoms with Crippen LogP contribution in [0.4, 0.5) is 0 Å². The Labute approximate surface area is 86.9 Å². The Morgan fingerprint density at radius 1 is 1.54 bits per heavy atom. The van der Waals surface area contributed by atoms with Gasteiger partial charge in [-0.15, -0.1) is 12.4 Å². The summed E-state index contributed by atoms with van der Waals surface area (Å²) in [5.74, 6) is 0.711. The van der Waals surface area contributed by atoms with E-state index in [2.05, 4.69) is 19.2 Å². The summed E-state index contributed by atoms with van der Waals surface area (Å²) in [4.78, 5) is 10.9. The van der Waals surface area contributed by atoms with Gasteiger partial charge < -0.3 is 10.1 Å². The Morgan fingerprint density at radius 3 is 2.62 bits per heavy atom. The molecule has 1 unspecified atom stereocenters. The summed E-state index contributed by atoms with van der Waals surface area (Å²) in [6, 6.07) is 0. The molecule has 78 valence electrons. The molecule has 1 aliphatic rings. The van der Waals surface area contributed by atoms with Crippen molar-refractivity contribution in [3.63, 3.8) is 0 Å². The lowest BCUT2D eigenvalue weighted by Gasteiger charge is -2.21. The van der Waals surface area contributed by atoms with Crippen molar-refractivity contribution in [2.24, 2.45) is 11.3 Å². The quantitative estimate of drug-likeness (QED) is 0.712. The van der Waals surface area contributed by atoms with E-state index in [9.17, 15) is 4.79 Å². The molecular weight excluding hydrogens is 186 g/mol. The summed E-state index contributed by atoms with van der Waals surface area (Å²) in [6.45, 7) is 6.32. The molecule has 0 aromatic carbocycles. The van der Waals surface area contributed by atoms with Crippen molar-refractivity contribution >= 4 is 18.7 Å². The monoisotopic (exact) mass is 205 g/mol. The third-order valence-electron chi connectivity index (χ3n) is 2.75. The lowest BCUT2D eigenvalue weighted by molar-refractivity contribution is -0.115. The highest BCUT2D eigenvalue weighted by Gasteiger charge is 2.32. The summed E-state index contributed by atoms with van der Waals surface area (Å²) < 4.78 is 0. The van der Waals surface area contributed by atoms with Crippen LogP contribution in [-0.2, 0) is 4.79 Å². The molecule has 0 radical (unpaired) electrons. The van der Waals surface area contributed by atoms with E-state index in [-0.39, 0.29) is 17.8 Å². The predicted molar refractivity (Wildman–Crippen MR) is 57.3 cm³/mol. The molecule has 0 spiro atoms. The van der Waals surface area contributed by atoms with E-state index in [1.807, 2.05) is 0 Å². The average molecular weight is 206 g/mol. The smallest absolute Gasteiger partial charge is 0.127 e. The molecule has 0 bridgehead atoms. The fourth-order valence-electron chi connectivity index (χ4n) is 1.71. The van der Waals surface area contributed by atoms with Gasteiger partial charge in [-0.25, -0.2) is 0 Å². The Morgan fingerprint density at radius 2 is 2.23 bits per heavy atom. The SMILES string of the molecule is CC(C)CCC1(C=O)CCNC1.Cl. The van der Waals surface area contributed by atoms with Gasteiger partial charge in [0.2, 0.25) is 0 Å². The van der Waals surface area contributed by atoms with Crippen molar-refractivity contribution in [3.05, 3.63) is 0 Å². The summed E-state index contributed by atoms with van der Waals surface area (Å²) in [5, 5.41) is 3.26. The minimum atomic E-state index is -0.0235. The van der Waals surface area contributed by atoms with E-state index in [1.165, 1.54) is 6.42 Å². The topological polar surface area (TPSA) is 29.1 Å². The van der Waals surface area contributed by atoms with E-state index in [0.29, 0.717) is 5.92 Å². The second-order valence-corrected chi connectivity index (χ2v) is 4.34. The molecule has 1 saturated heterocycles. The minimum absolute atomic E-state index is 0. The maximum atomic E-state index is 10.9. The molecule has 1 atom stereocenters. The van der Waals surface area contributed by atoms with Crippen molar-refractivity contribution in [2.75, 3.05) is 13.1 Å². The van der Waals surface area contributed by atoms with Crippen LogP contribution < -0.4 is 5.32 Å². The first-order valence-corrected chi connectivity index (χ1v) is 4.86. The van der Waals surface area contributed by atoms with E-state index in [0.717, 1.165) is 32.2 Å². The van der Waals surface area contributed by atoms with Crippen LogP contribution in [0.3, 0.4) is 0 Å². The molecule has 1 heterocycles. The van der Waals surface area contributed by atoms with E-state index in [1.54, 1.807) is 0 Å². The maximum absolute atomic E-state index is 10.9. The minimum Gasteiger partial charge on any atom is -0.316 e. The van der Waals surface area contributed by atoms with Crippen LogP contribution in [0.15, 0.2) is 0 Å². The number of aldehydes is 1. The zero-order valence-electron chi connectivity index (χ0n) is 8.51. The summed E-state index contributed by atoms with van der Waals surface area (Å²) in [6.07, 6.45) is 4.42. The van der Waals surface area contributed by atoms with Crippen molar-refractivity contribution < 1.29 is 4.79 Å². The van der Waals surface area contributed by atoms with Crippen molar-refractivity contribution in [3.8, 4) is 0 Å². The normalized spacial score (nSPS) is 27.3. The van der Waals surface area contributed by atoms with Crippen LogP contribution in [-0.4, -0.2) is 19.4 Å². The molecule has 1 rings (SSSR count). The highest BCUT2D eigenvalue weighted by Crippen LogP contribution is 2.29. The lowest BCUT2D eigenvalue weighted by Crippen LogP contribution is -2.26. The van der Waals surface area contributed by atoms with Crippen molar-refractivity contribution in [1.82, 2.24) is 5.32 Å². The highest BCUT2D eigenvalue weighted by atomic mass is 35.5. The van der Waals surface area contributed by atoms with Crippen LogP contribution in [0.25, 0.3) is 0 Å².